The summed E-state index contributed by atoms with van der Waals surface area (Å²) in [5.74, 6) is 1.56. The fraction of sp³-hybridized carbons (Fsp3) is 0.300. The first kappa shape index (κ1) is 12.6. The van der Waals surface area contributed by atoms with E-state index in [1.165, 1.54) is 13.8 Å². The second-order valence-electron chi connectivity index (χ2n) is 3.71. The first-order valence-electron chi connectivity index (χ1n) is 4.39. The SMILES string of the molecule is C#CC(C)(C)NS(=O)(=O)c1cncc(F)c1. The van der Waals surface area contributed by atoms with Crippen LogP contribution in [0.5, 0.6) is 0 Å². The lowest BCUT2D eigenvalue weighted by molar-refractivity contribution is 0.536. The van der Waals surface area contributed by atoms with Gasteiger partial charge in [-0.05, 0) is 19.9 Å². The number of aromatic nitrogens is 1. The molecule has 1 N–H and O–H groups in total. The Hall–Kier alpha value is -1.45. The molecule has 0 aromatic carbocycles. The van der Waals surface area contributed by atoms with Crippen molar-refractivity contribution in [2.45, 2.75) is 24.3 Å². The van der Waals surface area contributed by atoms with Gasteiger partial charge in [-0.25, -0.2) is 12.8 Å². The minimum atomic E-state index is -3.85. The van der Waals surface area contributed by atoms with Crippen molar-refractivity contribution in [3.05, 3.63) is 24.3 Å². The molecule has 0 amide bonds. The molecule has 1 aromatic heterocycles. The van der Waals surface area contributed by atoms with Crippen LogP contribution in [-0.2, 0) is 10.0 Å². The van der Waals surface area contributed by atoms with Gasteiger partial charge in [0.1, 0.15) is 10.7 Å². The molecule has 0 saturated carbocycles. The second-order valence-corrected chi connectivity index (χ2v) is 5.40. The fourth-order valence-electron chi connectivity index (χ4n) is 0.964. The molecule has 0 radical (unpaired) electrons. The van der Waals surface area contributed by atoms with Gasteiger partial charge in [-0.3, -0.25) is 4.98 Å². The molecule has 0 aliphatic carbocycles. The Morgan fingerprint density at radius 1 is 1.50 bits per heavy atom. The van der Waals surface area contributed by atoms with E-state index >= 15 is 0 Å². The topological polar surface area (TPSA) is 59.1 Å². The van der Waals surface area contributed by atoms with E-state index in [1.807, 2.05) is 0 Å². The Kier molecular flexibility index (Phi) is 3.31. The van der Waals surface area contributed by atoms with Gasteiger partial charge in [0.2, 0.25) is 10.0 Å². The third-order valence-corrected chi connectivity index (χ3v) is 3.36. The molecule has 0 unspecified atom stereocenters. The summed E-state index contributed by atoms with van der Waals surface area (Å²) in [5.41, 5.74) is -1.04. The van der Waals surface area contributed by atoms with Crippen LogP contribution in [0.4, 0.5) is 4.39 Å². The standard InChI is InChI=1S/C10H11FN2O2S/c1-4-10(2,3)13-16(14,15)9-5-8(11)6-12-7-9/h1,5-7,13H,2-3H3. The number of pyridine rings is 1. The van der Waals surface area contributed by atoms with Gasteiger partial charge in [0, 0.05) is 6.20 Å². The van der Waals surface area contributed by atoms with Crippen molar-refractivity contribution in [2.75, 3.05) is 0 Å². The van der Waals surface area contributed by atoms with E-state index in [9.17, 15) is 12.8 Å². The smallest absolute Gasteiger partial charge is 0.243 e. The highest BCUT2D eigenvalue weighted by Crippen LogP contribution is 2.12. The highest BCUT2D eigenvalue weighted by molar-refractivity contribution is 7.89. The number of halogens is 1. The summed E-state index contributed by atoms with van der Waals surface area (Å²) in [6, 6.07) is 0.877. The molecule has 86 valence electrons. The summed E-state index contributed by atoms with van der Waals surface area (Å²) in [4.78, 5) is 3.21. The molecule has 0 bridgehead atoms. The van der Waals surface area contributed by atoms with Gasteiger partial charge in [-0.15, -0.1) is 6.42 Å². The van der Waals surface area contributed by atoms with Gasteiger partial charge in [0.25, 0.3) is 0 Å². The lowest BCUT2D eigenvalue weighted by Gasteiger charge is -2.19. The van der Waals surface area contributed by atoms with Crippen LogP contribution >= 0.6 is 0 Å². The lowest BCUT2D eigenvalue weighted by atomic mass is 10.1. The van der Waals surface area contributed by atoms with Gasteiger partial charge < -0.3 is 0 Å². The zero-order valence-corrected chi connectivity index (χ0v) is 9.68. The number of sulfonamides is 1. The fourth-order valence-corrected chi connectivity index (χ4v) is 2.28. The average molecular weight is 242 g/mol. The molecule has 0 atom stereocenters. The molecular formula is C10H11FN2O2S. The van der Waals surface area contributed by atoms with Crippen LogP contribution in [0.2, 0.25) is 0 Å². The van der Waals surface area contributed by atoms with Gasteiger partial charge in [-0.2, -0.15) is 4.72 Å². The molecule has 16 heavy (non-hydrogen) atoms. The van der Waals surface area contributed by atoms with Crippen molar-refractivity contribution in [3.63, 3.8) is 0 Å². The molecule has 0 aliphatic rings. The summed E-state index contributed by atoms with van der Waals surface area (Å²) < 4.78 is 38.6. The molecule has 1 heterocycles. The van der Waals surface area contributed by atoms with Crippen molar-refractivity contribution in [1.29, 1.82) is 0 Å². The minimum Gasteiger partial charge on any atom is -0.260 e. The van der Waals surface area contributed by atoms with Crippen molar-refractivity contribution >= 4 is 10.0 Å². The van der Waals surface area contributed by atoms with Crippen LogP contribution in [0.3, 0.4) is 0 Å². The van der Waals surface area contributed by atoms with Gasteiger partial charge in [0.15, 0.2) is 0 Å². The summed E-state index contributed by atoms with van der Waals surface area (Å²) in [6.07, 6.45) is 7.13. The lowest BCUT2D eigenvalue weighted by Crippen LogP contribution is -2.42. The van der Waals surface area contributed by atoms with E-state index in [2.05, 4.69) is 15.6 Å². The average Bonchev–Trinajstić information content (AvgIpc) is 2.16. The summed E-state index contributed by atoms with van der Waals surface area (Å²) >= 11 is 0. The number of hydrogen-bond acceptors (Lipinski definition) is 3. The predicted molar refractivity (Wildman–Crippen MR) is 57.4 cm³/mol. The highest BCUT2D eigenvalue weighted by Gasteiger charge is 2.24. The molecular weight excluding hydrogens is 231 g/mol. The van der Waals surface area contributed by atoms with Crippen molar-refractivity contribution < 1.29 is 12.8 Å². The zero-order chi connectivity index (χ0) is 12.4. The third-order valence-electron chi connectivity index (χ3n) is 1.74. The van der Waals surface area contributed by atoms with Gasteiger partial charge in [0.05, 0.1) is 11.7 Å². The van der Waals surface area contributed by atoms with E-state index in [-0.39, 0.29) is 4.90 Å². The maximum absolute atomic E-state index is 12.8. The minimum absolute atomic E-state index is 0.254. The normalized spacial score (nSPS) is 12.1. The first-order valence-corrected chi connectivity index (χ1v) is 5.87. The summed E-state index contributed by atoms with van der Waals surface area (Å²) in [7, 11) is -3.85. The van der Waals surface area contributed by atoms with Crippen LogP contribution in [0.15, 0.2) is 23.4 Å². The molecule has 1 aromatic rings. The highest BCUT2D eigenvalue weighted by atomic mass is 32.2. The zero-order valence-electron chi connectivity index (χ0n) is 8.86. The number of nitrogens with one attached hydrogen (secondary N) is 1. The van der Waals surface area contributed by atoms with E-state index in [0.717, 1.165) is 18.5 Å². The number of hydrogen-bond donors (Lipinski definition) is 1. The monoisotopic (exact) mass is 242 g/mol. The molecule has 0 saturated heterocycles. The van der Waals surface area contributed by atoms with E-state index < -0.39 is 21.4 Å². The summed E-state index contributed by atoms with van der Waals surface area (Å²) in [5, 5.41) is 0. The Morgan fingerprint density at radius 3 is 2.62 bits per heavy atom. The molecule has 0 fully saturated rings. The maximum atomic E-state index is 12.8. The van der Waals surface area contributed by atoms with Gasteiger partial charge >= 0.3 is 0 Å². The largest absolute Gasteiger partial charge is 0.260 e. The van der Waals surface area contributed by atoms with E-state index in [1.54, 1.807) is 0 Å². The Morgan fingerprint density at radius 2 is 2.12 bits per heavy atom. The quantitative estimate of drug-likeness (QED) is 0.801. The predicted octanol–water partition coefficient (Wildman–Crippen LogP) is 0.911. The molecule has 1 rings (SSSR count). The van der Waals surface area contributed by atoms with Crippen LogP contribution in [-0.4, -0.2) is 18.9 Å². The Bertz CT molecular complexity index is 532. The van der Waals surface area contributed by atoms with Crippen molar-refractivity contribution in [1.82, 2.24) is 9.71 Å². The van der Waals surface area contributed by atoms with Crippen molar-refractivity contribution in [3.8, 4) is 12.3 Å². The Labute approximate surface area is 94.0 Å². The van der Waals surface area contributed by atoms with Crippen molar-refractivity contribution in [2.24, 2.45) is 0 Å². The first-order chi connectivity index (χ1) is 7.27. The number of nitrogens with zero attached hydrogens (tertiary/aromatic N) is 1. The third kappa shape index (κ3) is 3.02. The van der Waals surface area contributed by atoms with E-state index in [4.69, 9.17) is 6.42 Å². The van der Waals surface area contributed by atoms with Crippen LogP contribution < -0.4 is 4.72 Å². The summed E-state index contributed by atoms with van der Waals surface area (Å²) in [6.45, 7) is 3.05. The number of rotatable bonds is 3. The molecule has 0 spiro atoms. The van der Waals surface area contributed by atoms with Gasteiger partial charge in [-0.1, -0.05) is 5.92 Å². The second kappa shape index (κ2) is 4.20. The molecule has 6 heteroatoms. The maximum Gasteiger partial charge on any atom is 0.243 e. The van der Waals surface area contributed by atoms with Crippen LogP contribution in [0.1, 0.15) is 13.8 Å². The number of terminal acetylenes is 1. The Balaban J connectivity index is 3.10. The van der Waals surface area contributed by atoms with Crippen LogP contribution in [0, 0.1) is 18.2 Å². The molecule has 4 nitrogen and oxygen atoms in total. The molecule has 0 aliphatic heterocycles. The van der Waals surface area contributed by atoms with E-state index in [0.29, 0.717) is 0 Å². The van der Waals surface area contributed by atoms with Crippen LogP contribution in [0.25, 0.3) is 0 Å².